The number of urea groups is 1. The molecule has 1 atom stereocenters. The minimum absolute atomic E-state index is 0.223. The summed E-state index contributed by atoms with van der Waals surface area (Å²) in [6.45, 7) is 3.70. The first-order valence-corrected chi connectivity index (χ1v) is 6.02. The van der Waals surface area contributed by atoms with Gasteiger partial charge in [-0.3, -0.25) is 9.69 Å². The van der Waals surface area contributed by atoms with Crippen LogP contribution in [0.15, 0.2) is 36.7 Å². The van der Waals surface area contributed by atoms with E-state index in [2.05, 4.69) is 22.2 Å². The van der Waals surface area contributed by atoms with Crippen LogP contribution in [0.2, 0.25) is 0 Å². The van der Waals surface area contributed by atoms with E-state index in [1.807, 2.05) is 0 Å². The van der Waals surface area contributed by atoms with E-state index < -0.39 is 6.04 Å². The van der Waals surface area contributed by atoms with Crippen LogP contribution in [0.1, 0.15) is 12.8 Å². The summed E-state index contributed by atoms with van der Waals surface area (Å²) in [7, 11) is 1.61. The lowest BCUT2D eigenvalue weighted by Crippen LogP contribution is -2.52. The van der Waals surface area contributed by atoms with Crippen molar-refractivity contribution in [2.75, 3.05) is 11.9 Å². The van der Waals surface area contributed by atoms with Crippen LogP contribution in [0.25, 0.3) is 0 Å². The van der Waals surface area contributed by atoms with Gasteiger partial charge in [0.1, 0.15) is 11.9 Å². The van der Waals surface area contributed by atoms with Crippen LogP contribution in [-0.4, -0.2) is 30.0 Å². The molecule has 19 heavy (non-hydrogen) atoms. The summed E-state index contributed by atoms with van der Waals surface area (Å²) >= 11 is 0. The van der Waals surface area contributed by atoms with Gasteiger partial charge < -0.3 is 10.6 Å². The SMILES string of the molecule is C=C1CCC(NC(=O)N(C)c2ccccn2)C(=O)N1. The van der Waals surface area contributed by atoms with Gasteiger partial charge in [-0.25, -0.2) is 9.78 Å². The van der Waals surface area contributed by atoms with Crippen molar-refractivity contribution in [1.82, 2.24) is 15.6 Å². The topological polar surface area (TPSA) is 74.3 Å². The Bertz CT molecular complexity index is 501. The fraction of sp³-hybridized carbons (Fsp3) is 0.308. The molecule has 0 spiro atoms. The zero-order valence-corrected chi connectivity index (χ0v) is 10.7. The van der Waals surface area contributed by atoms with E-state index in [-0.39, 0.29) is 11.9 Å². The molecule has 6 nitrogen and oxygen atoms in total. The maximum Gasteiger partial charge on any atom is 0.323 e. The molecule has 0 aromatic carbocycles. The molecule has 1 saturated heterocycles. The molecular formula is C13H16N4O2. The smallest absolute Gasteiger partial charge is 0.323 e. The molecule has 2 heterocycles. The molecule has 1 aromatic rings. The molecule has 0 saturated carbocycles. The number of anilines is 1. The number of piperidine rings is 1. The van der Waals surface area contributed by atoms with Gasteiger partial charge in [0.05, 0.1) is 0 Å². The van der Waals surface area contributed by atoms with Crippen molar-refractivity contribution >= 4 is 17.8 Å². The van der Waals surface area contributed by atoms with Gasteiger partial charge in [0, 0.05) is 18.9 Å². The second kappa shape index (κ2) is 5.51. The number of pyridine rings is 1. The Hall–Kier alpha value is -2.37. The average molecular weight is 260 g/mol. The molecular weight excluding hydrogens is 244 g/mol. The third-order valence-corrected chi connectivity index (χ3v) is 2.95. The van der Waals surface area contributed by atoms with Gasteiger partial charge in [0.2, 0.25) is 5.91 Å². The third kappa shape index (κ3) is 3.09. The predicted octanol–water partition coefficient (Wildman–Crippen LogP) is 1.02. The first-order chi connectivity index (χ1) is 9.08. The summed E-state index contributed by atoms with van der Waals surface area (Å²) in [5, 5.41) is 5.31. The van der Waals surface area contributed by atoms with Gasteiger partial charge in [-0.05, 0) is 25.0 Å². The molecule has 3 amide bonds. The number of hydrogen-bond acceptors (Lipinski definition) is 3. The number of allylic oxidation sites excluding steroid dienone is 1. The summed E-state index contributed by atoms with van der Waals surface area (Å²) < 4.78 is 0. The highest BCUT2D eigenvalue weighted by atomic mass is 16.2. The fourth-order valence-electron chi connectivity index (χ4n) is 1.81. The van der Waals surface area contributed by atoms with E-state index in [9.17, 15) is 9.59 Å². The van der Waals surface area contributed by atoms with Crippen molar-refractivity contribution < 1.29 is 9.59 Å². The molecule has 6 heteroatoms. The van der Waals surface area contributed by atoms with E-state index in [0.717, 1.165) is 0 Å². The summed E-state index contributed by atoms with van der Waals surface area (Å²) in [6, 6.07) is 4.41. The van der Waals surface area contributed by atoms with Crippen molar-refractivity contribution in [1.29, 1.82) is 0 Å². The number of rotatable bonds is 2. The lowest BCUT2D eigenvalue weighted by Gasteiger charge is -2.26. The Morgan fingerprint density at radius 1 is 1.58 bits per heavy atom. The van der Waals surface area contributed by atoms with E-state index in [1.165, 1.54) is 4.90 Å². The van der Waals surface area contributed by atoms with E-state index in [0.29, 0.717) is 24.4 Å². The van der Waals surface area contributed by atoms with Crippen LogP contribution >= 0.6 is 0 Å². The number of nitrogens with one attached hydrogen (secondary N) is 2. The summed E-state index contributed by atoms with van der Waals surface area (Å²) in [6.07, 6.45) is 2.84. The second-order valence-corrected chi connectivity index (χ2v) is 4.38. The van der Waals surface area contributed by atoms with Crippen molar-refractivity contribution in [3.8, 4) is 0 Å². The highest BCUT2D eigenvalue weighted by Crippen LogP contribution is 2.12. The van der Waals surface area contributed by atoms with E-state index in [1.54, 1.807) is 31.4 Å². The van der Waals surface area contributed by atoms with Gasteiger partial charge in [-0.2, -0.15) is 0 Å². The van der Waals surface area contributed by atoms with Crippen LogP contribution < -0.4 is 15.5 Å². The zero-order chi connectivity index (χ0) is 13.8. The Morgan fingerprint density at radius 2 is 2.37 bits per heavy atom. The second-order valence-electron chi connectivity index (χ2n) is 4.38. The van der Waals surface area contributed by atoms with Crippen LogP contribution in [0.3, 0.4) is 0 Å². The third-order valence-electron chi connectivity index (χ3n) is 2.95. The monoisotopic (exact) mass is 260 g/mol. The number of nitrogens with zero attached hydrogens (tertiary/aromatic N) is 2. The first kappa shape index (κ1) is 13.1. The van der Waals surface area contributed by atoms with Crippen LogP contribution in [0.4, 0.5) is 10.6 Å². The molecule has 0 aliphatic carbocycles. The molecule has 1 unspecified atom stereocenters. The molecule has 2 N–H and O–H groups in total. The molecule has 1 aromatic heterocycles. The molecule has 1 fully saturated rings. The van der Waals surface area contributed by atoms with Crippen molar-refractivity contribution in [3.05, 3.63) is 36.7 Å². The number of carbonyl (C=O) groups excluding carboxylic acids is 2. The quantitative estimate of drug-likeness (QED) is 0.833. The maximum atomic E-state index is 12.0. The number of amides is 3. The Balaban J connectivity index is 1.98. The normalized spacial score (nSPS) is 18.7. The molecule has 100 valence electrons. The van der Waals surface area contributed by atoms with Crippen molar-refractivity contribution in [2.45, 2.75) is 18.9 Å². The van der Waals surface area contributed by atoms with Gasteiger partial charge in [-0.1, -0.05) is 12.6 Å². The minimum atomic E-state index is -0.524. The fourth-order valence-corrected chi connectivity index (χ4v) is 1.81. The molecule has 0 radical (unpaired) electrons. The number of carbonyl (C=O) groups is 2. The van der Waals surface area contributed by atoms with Crippen molar-refractivity contribution in [3.63, 3.8) is 0 Å². The maximum absolute atomic E-state index is 12.0. The van der Waals surface area contributed by atoms with Gasteiger partial charge in [0.15, 0.2) is 0 Å². The average Bonchev–Trinajstić information content (AvgIpc) is 2.42. The van der Waals surface area contributed by atoms with Crippen LogP contribution in [0, 0.1) is 0 Å². The molecule has 1 aliphatic heterocycles. The Labute approximate surface area is 111 Å². The van der Waals surface area contributed by atoms with E-state index in [4.69, 9.17) is 0 Å². The summed E-state index contributed by atoms with van der Waals surface area (Å²) in [5.41, 5.74) is 0.688. The van der Waals surface area contributed by atoms with E-state index >= 15 is 0 Å². The van der Waals surface area contributed by atoms with Crippen molar-refractivity contribution in [2.24, 2.45) is 0 Å². The van der Waals surface area contributed by atoms with Gasteiger partial charge in [0.25, 0.3) is 0 Å². The van der Waals surface area contributed by atoms with Gasteiger partial charge in [-0.15, -0.1) is 0 Å². The first-order valence-electron chi connectivity index (χ1n) is 6.02. The number of aromatic nitrogens is 1. The highest BCUT2D eigenvalue weighted by Gasteiger charge is 2.26. The van der Waals surface area contributed by atoms with Crippen LogP contribution in [0.5, 0.6) is 0 Å². The Kier molecular flexibility index (Phi) is 3.79. The minimum Gasteiger partial charge on any atom is -0.329 e. The van der Waals surface area contributed by atoms with Gasteiger partial charge >= 0.3 is 6.03 Å². The van der Waals surface area contributed by atoms with Crippen LogP contribution in [-0.2, 0) is 4.79 Å². The summed E-state index contributed by atoms with van der Waals surface area (Å²) in [4.78, 5) is 29.1. The standard InChI is InChI=1S/C13H16N4O2/c1-9-6-7-10(12(18)15-9)16-13(19)17(2)11-5-3-4-8-14-11/h3-5,8,10H,1,6-7H2,2H3,(H,15,18)(H,16,19). The number of hydrogen-bond donors (Lipinski definition) is 2. The molecule has 2 rings (SSSR count). The predicted molar refractivity (Wildman–Crippen MR) is 71.5 cm³/mol. The molecule has 1 aliphatic rings. The molecule has 0 bridgehead atoms. The summed E-state index contributed by atoms with van der Waals surface area (Å²) in [5.74, 6) is 0.305. The lowest BCUT2D eigenvalue weighted by atomic mass is 10.1. The Morgan fingerprint density at radius 3 is 3.00 bits per heavy atom. The largest absolute Gasteiger partial charge is 0.329 e. The zero-order valence-electron chi connectivity index (χ0n) is 10.7. The highest BCUT2D eigenvalue weighted by molar-refractivity contribution is 5.95. The lowest BCUT2D eigenvalue weighted by molar-refractivity contribution is -0.123.